The molecule has 20 heavy (non-hydrogen) atoms. The third-order valence-corrected chi connectivity index (χ3v) is 4.19. The number of halogens is 2. The fourth-order valence-electron chi connectivity index (χ4n) is 2.40. The molecule has 1 aromatic heterocycles. The van der Waals surface area contributed by atoms with E-state index in [1.165, 1.54) is 12.1 Å². The molecule has 0 amide bonds. The van der Waals surface area contributed by atoms with Crippen LogP contribution in [-0.4, -0.2) is 9.55 Å². The van der Waals surface area contributed by atoms with E-state index in [2.05, 4.69) is 40.0 Å². The molecule has 1 N–H and O–H groups in total. The van der Waals surface area contributed by atoms with Gasteiger partial charge in [0.2, 0.25) is 0 Å². The molecule has 0 saturated carbocycles. The minimum absolute atomic E-state index is 0.0687. The van der Waals surface area contributed by atoms with Crippen molar-refractivity contribution in [3.05, 3.63) is 63.1 Å². The summed E-state index contributed by atoms with van der Waals surface area (Å²) in [7, 11) is 0. The monoisotopic (exact) mass is 350 g/mol. The SMILES string of the molecule is CC(c1cccc(Br)c1)n1c(=S)[nH]c2cc(F)ccc21. The van der Waals surface area contributed by atoms with E-state index in [1.807, 2.05) is 16.7 Å². The number of nitrogens with one attached hydrogen (secondary N) is 1. The average Bonchev–Trinajstić information content (AvgIpc) is 2.73. The predicted molar refractivity (Wildman–Crippen MR) is 85.0 cm³/mol. The van der Waals surface area contributed by atoms with Crippen molar-refractivity contribution in [1.82, 2.24) is 9.55 Å². The van der Waals surface area contributed by atoms with Gasteiger partial charge in [-0.05, 0) is 55.0 Å². The Morgan fingerprint density at radius 3 is 2.80 bits per heavy atom. The number of hydrogen-bond acceptors (Lipinski definition) is 1. The van der Waals surface area contributed by atoms with E-state index in [4.69, 9.17) is 12.2 Å². The number of H-pyrrole nitrogens is 1. The van der Waals surface area contributed by atoms with Crippen LogP contribution in [0.15, 0.2) is 46.9 Å². The van der Waals surface area contributed by atoms with Crippen LogP contribution in [0.3, 0.4) is 0 Å². The van der Waals surface area contributed by atoms with Gasteiger partial charge >= 0.3 is 0 Å². The highest BCUT2D eigenvalue weighted by Crippen LogP contribution is 2.26. The summed E-state index contributed by atoms with van der Waals surface area (Å²) >= 11 is 8.86. The van der Waals surface area contributed by atoms with Crippen molar-refractivity contribution in [2.24, 2.45) is 0 Å². The fourth-order valence-corrected chi connectivity index (χ4v) is 3.19. The molecule has 0 radical (unpaired) electrons. The maximum atomic E-state index is 13.3. The number of aromatic amines is 1. The van der Waals surface area contributed by atoms with E-state index in [0.717, 1.165) is 21.1 Å². The molecule has 3 aromatic rings. The van der Waals surface area contributed by atoms with Crippen LogP contribution in [-0.2, 0) is 0 Å². The lowest BCUT2D eigenvalue weighted by Crippen LogP contribution is -2.06. The number of nitrogens with zero attached hydrogens (tertiary/aromatic N) is 1. The lowest BCUT2D eigenvalue weighted by Gasteiger charge is -2.15. The molecule has 3 rings (SSSR count). The zero-order chi connectivity index (χ0) is 14.3. The molecule has 0 bridgehead atoms. The van der Waals surface area contributed by atoms with Crippen LogP contribution >= 0.6 is 28.1 Å². The Morgan fingerprint density at radius 1 is 1.25 bits per heavy atom. The smallest absolute Gasteiger partial charge is 0.178 e. The second-order valence-electron chi connectivity index (χ2n) is 4.69. The van der Waals surface area contributed by atoms with Crippen molar-refractivity contribution >= 4 is 39.2 Å². The van der Waals surface area contributed by atoms with E-state index in [9.17, 15) is 4.39 Å². The van der Waals surface area contributed by atoms with Crippen LogP contribution in [0, 0.1) is 10.6 Å². The van der Waals surface area contributed by atoms with E-state index in [1.54, 1.807) is 6.07 Å². The van der Waals surface area contributed by atoms with E-state index in [-0.39, 0.29) is 11.9 Å². The third kappa shape index (κ3) is 2.31. The Balaban J connectivity index is 2.19. The van der Waals surface area contributed by atoms with Gasteiger partial charge in [0.1, 0.15) is 5.82 Å². The maximum absolute atomic E-state index is 13.3. The summed E-state index contributed by atoms with van der Waals surface area (Å²) in [5.74, 6) is -0.268. The molecule has 0 aliphatic rings. The van der Waals surface area contributed by atoms with Crippen LogP contribution in [0.4, 0.5) is 4.39 Å². The summed E-state index contributed by atoms with van der Waals surface area (Å²) in [5.41, 5.74) is 2.77. The standard InChI is InChI=1S/C15H12BrFN2S/c1-9(10-3-2-4-11(16)7-10)19-14-6-5-12(17)8-13(14)18-15(19)20/h2-9H,1H3,(H,18,20). The molecule has 0 aliphatic carbocycles. The molecular weight excluding hydrogens is 339 g/mol. The van der Waals surface area contributed by atoms with Gasteiger partial charge in [0, 0.05) is 4.47 Å². The highest BCUT2D eigenvalue weighted by atomic mass is 79.9. The molecular formula is C15H12BrFN2S. The second kappa shape index (κ2) is 5.14. The Kier molecular flexibility index (Phi) is 3.48. The Labute approximate surface area is 129 Å². The van der Waals surface area contributed by atoms with Crippen LogP contribution in [0.1, 0.15) is 18.5 Å². The molecule has 2 nitrogen and oxygen atoms in total. The first kappa shape index (κ1) is 13.5. The lowest BCUT2D eigenvalue weighted by atomic mass is 10.1. The fraction of sp³-hybridized carbons (Fsp3) is 0.133. The van der Waals surface area contributed by atoms with Gasteiger partial charge in [-0.2, -0.15) is 0 Å². The third-order valence-electron chi connectivity index (χ3n) is 3.40. The highest BCUT2D eigenvalue weighted by Gasteiger charge is 2.13. The van der Waals surface area contributed by atoms with Gasteiger partial charge in [0.05, 0.1) is 17.1 Å². The van der Waals surface area contributed by atoms with E-state index < -0.39 is 0 Å². The van der Waals surface area contributed by atoms with Crippen LogP contribution in [0.25, 0.3) is 11.0 Å². The Morgan fingerprint density at radius 2 is 2.05 bits per heavy atom. The normalized spacial score (nSPS) is 12.8. The van der Waals surface area contributed by atoms with E-state index in [0.29, 0.717) is 4.77 Å². The van der Waals surface area contributed by atoms with Gasteiger partial charge in [-0.1, -0.05) is 28.1 Å². The van der Waals surface area contributed by atoms with Gasteiger partial charge in [-0.15, -0.1) is 0 Å². The molecule has 1 atom stereocenters. The second-order valence-corrected chi connectivity index (χ2v) is 5.99. The quantitative estimate of drug-likeness (QED) is 0.629. The Hall–Kier alpha value is -1.46. The summed E-state index contributed by atoms with van der Waals surface area (Å²) in [6, 6.07) is 12.8. The van der Waals surface area contributed by atoms with Crippen molar-refractivity contribution in [2.45, 2.75) is 13.0 Å². The minimum Gasteiger partial charge on any atom is -0.330 e. The zero-order valence-corrected chi connectivity index (χ0v) is 13.1. The first-order valence-corrected chi connectivity index (χ1v) is 7.41. The number of fused-ring (bicyclic) bond motifs is 1. The zero-order valence-electron chi connectivity index (χ0n) is 10.7. The molecule has 2 aromatic carbocycles. The van der Waals surface area contributed by atoms with Gasteiger partial charge in [-0.25, -0.2) is 4.39 Å². The first-order chi connectivity index (χ1) is 9.56. The lowest BCUT2D eigenvalue weighted by molar-refractivity contribution is 0.628. The van der Waals surface area contributed by atoms with Gasteiger partial charge in [-0.3, -0.25) is 0 Å². The highest BCUT2D eigenvalue weighted by molar-refractivity contribution is 9.10. The summed E-state index contributed by atoms with van der Waals surface area (Å²) in [6.07, 6.45) is 0. The molecule has 102 valence electrons. The van der Waals surface area contributed by atoms with Crippen molar-refractivity contribution in [3.63, 3.8) is 0 Å². The number of rotatable bonds is 2. The van der Waals surface area contributed by atoms with Gasteiger partial charge < -0.3 is 9.55 Å². The maximum Gasteiger partial charge on any atom is 0.178 e. The van der Waals surface area contributed by atoms with Crippen LogP contribution in [0.5, 0.6) is 0 Å². The number of hydrogen-bond donors (Lipinski definition) is 1. The van der Waals surface area contributed by atoms with Crippen molar-refractivity contribution in [1.29, 1.82) is 0 Å². The topological polar surface area (TPSA) is 20.7 Å². The molecule has 5 heteroatoms. The van der Waals surface area contributed by atoms with Crippen molar-refractivity contribution in [2.75, 3.05) is 0 Å². The molecule has 0 spiro atoms. The van der Waals surface area contributed by atoms with Crippen molar-refractivity contribution < 1.29 is 4.39 Å². The van der Waals surface area contributed by atoms with E-state index >= 15 is 0 Å². The number of benzene rings is 2. The van der Waals surface area contributed by atoms with Crippen LogP contribution < -0.4 is 0 Å². The van der Waals surface area contributed by atoms with Gasteiger partial charge in [0.25, 0.3) is 0 Å². The number of aromatic nitrogens is 2. The molecule has 0 fully saturated rings. The first-order valence-electron chi connectivity index (χ1n) is 6.21. The summed E-state index contributed by atoms with van der Waals surface area (Å²) < 4.78 is 16.9. The molecule has 0 aliphatic heterocycles. The summed E-state index contributed by atoms with van der Waals surface area (Å²) in [4.78, 5) is 3.06. The van der Waals surface area contributed by atoms with Crippen LogP contribution in [0.2, 0.25) is 0 Å². The minimum atomic E-state index is -0.268. The largest absolute Gasteiger partial charge is 0.330 e. The number of imidazole rings is 1. The predicted octanol–water partition coefficient (Wildman–Crippen LogP) is 5.21. The van der Waals surface area contributed by atoms with Crippen molar-refractivity contribution in [3.8, 4) is 0 Å². The molecule has 1 unspecified atom stereocenters. The Bertz CT molecular complexity index is 837. The van der Waals surface area contributed by atoms with Gasteiger partial charge in [0.15, 0.2) is 4.77 Å². The average molecular weight is 351 g/mol. The molecule has 1 heterocycles. The molecule has 0 saturated heterocycles. The summed E-state index contributed by atoms with van der Waals surface area (Å²) in [5, 5.41) is 0. The summed E-state index contributed by atoms with van der Waals surface area (Å²) in [6.45, 7) is 2.08.